The molecule has 1 aromatic rings. The van der Waals surface area contributed by atoms with Crippen LogP contribution in [0.4, 0.5) is 5.95 Å². The summed E-state index contributed by atoms with van der Waals surface area (Å²) in [6.07, 6.45) is 1.04. The smallest absolute Gasteiger partial charge is 0.225 e. The van der Waals surface area contributed by atoms with Crippen LogP contribution in [-0.2, 0) is 6.42 Å². The van der Waals surface area contributed by atoms with Crippen molar-refractivity contribution in [1.82, 2.24) is 15.3 Å². The number of aryl methyl sites for hydroxylation is 2. The van der Waals surface area contributed by atoms with Crippen molar-refractivity contribution in [3.8, 4) is 0 Å². The Morgan fingerprint density at radius 2 is 1.63 bits per heavy atom. The van der Waals surface area contributed by atoms with Crippen molar-refractivity contribution in [3.05, 3.63) is 17.0 Å². The Kier molecular flexibility index (Phi) is 6.22. The van der Waals surface area contributed by atoms with Crippen LogP contribution in [-0.4, -0.2) is 36.6 Å². The average molecular weight is 264 g/mol. The van der Waals surface area contributed by atoms with Gasteiger partial charge in [0.1, 0.15) is 0 Å². The zero-order valence-corrected chi connectivity index (χ0v) is 13.2. The van der Waals surface area contributed by atoms with Gasteiger partial charge in [0.05, 0.1) is 0 Å². The molecule has 0 saturated heterocycles. The fourth-order valence-corrected chi connectivity index (χ4v) is 2.43. The van der Waals surface area contributed by atoms with E-state index < -0.39 is 0 Å². The molecule has 0 aliphatic heterocycles. The van der Waals surface area contributed by atoms with Gasteiger partial charge in [-0.1, -0.05) is 6.92 Å². The van der Waals surface area contributed by atoms with Crippen LogP contribution in [0.15, 0.2) is 0 Å². The second-order valence-electron chi connectivity index (χ2n) is 5.21. The first kappa shape index (κ1) is 15.9. The lowest BCUT2D eigenvalue weighted by Crippen LogP contribution is -2.25. The Labute approximate surface area is 117 Å². The minimum Gasteiger partial charge on any atom is -0.341 e. The Morgan fingerprint density at radius 1 is 1.11 bits per heavy atom. The molecule has 4 nitrogen and oxygen atoms in total. The molecule has 1 atom stereocenters. The van der Waals surface area contributed by atoms with E-state index in [2.05, 4.69) is 54.8 Å². The molecule has 0 radical (unpaired) electrons. The maximum atomic E-state index is 4.68. The lowest BCUT2D eigenvalue weighted by atomic mass is 9.99. The van der Waals surface area contributed by atoms with Crippen LogP contribution in [0.2, 0.25) is 0 Å². The van der Waals surface area contributed by atoms with Crippen molar-refractivity contribution in [2.45, 2.75) is 41.0 Å². The van der Waals surface area contributed by atoms with Crippen LogP contribution in [0.25, 0.3) is 0 Å². The van der Waals surface area contributed by atoms with Crippen LogP contribution >= 0.6 is 0 Å². The summed E-state index contributed by atoms with van der Waals surface area (Å²) in [5.74, 6) is 1.47. The number of hydrogen-bond acceptors (Lipinski definition) is 4. The third-order valence-corrected chi connectivity index (χ3v) is 3.56. The number of nitrogens with one attached hydrogen (secondary N) is 1. The van der Waals surface area contributed by atoms with Crippen LogP contribution in [0.5, 0.6) is 0 Å². The summed E-state index contributed by atoms with van der Waals surface area (Å²) in [6, 6.07) is 0. The summed E-state index contributed by atoms with van der Waals surface area (Å²) < 4.78 is 0. The number of anilines is 1. The van der Waals surface area contributed by atoms with Gasteiger partial charge < -0.3 is 10.2 Å². The SMILES string of the molecule is CCN(CC)c1nc(C)c(CC(C)CNC)c(C)n1. The van der Waals surface area contributed by atoms with Gasteiger partial charge in [0, 0.05) is 24.5 Å². The van der Waals surface area contributed by atoms with Gasteiger partial charge >= 0.3 is 0 Å². The second-order valence-corrected chi connectivity index (χ2v) is 5.21. The first-order valence-corrected chi connectivity index (χ1v) is 7.27. The molecule has 108 valence electrons. The maximum Gasteiger partial charge on any atom is 0.225 e. The number of rotatable bonds is 7. The largest absolute Gasteiger partial charge is 0.341 e. The van der Waals surface area contributed by atoms with E-state index in [0.717, 1.165) is 43.4 Å². The molecule has 0 fully saturated rings. The molecule has 1 aromatic heterocycles. The number of nitrogens with zero attached hydrogens (tertiary/aromatic N) is 3. The minimum atomic E-state index is 0.602. The molecular weight excluding hydrogens is 236 g/mol. The molecule has 0 amide bonds. The zero-order chi connectivity index (χ0) is 14.4. The van der Waals surface area contributed by atoms with Crippen LogP contribution in [0, 0.1) is 19.8 Å². The summed E-state index contributed by atoms with van der Waals surface area (Å²) in [6.45, 7) is 13.7. The molecule has 1 rings (SSSR count). The average Bonchev–Trinajstić information content (AvgIpc) is 2.36. The summed E-state index contributed by atoms with van der Waals surface area (Å²) in [5, 5.41) is 3.23. The molecule has 1 N–H and O–H groups in total. The summed E-state index contributed by atoms with van der Waals surface area (Å²) in [4.78, 5) is 11.6. The molecule has 1 heterocycles. The van der Waals surface area contributed by atoms with Gasteiger partial charge in [-0.2, -0.15) is 0 Å². The molecule has 4 heteroatoms. The van der Waals surface area contributed by atoms with Crippen molar-refractivity contribution < 1.29 is 0 Å². The van der Waals surface area contributed by atoms with E-state index in [1.54, 1.807) is 0 Å². The van der Waals surface area contributed by atoms with Gasteiger partial charge in [0.2, 0.25) is 5.95 Å². The highest BCUT2D eigenvalue weighted by atomic mass is 15.2. The van der Waals surface area contributed by atoms with E-state index in [9.17, 15) is 0 Å². The van der Waals surface area contributed by atoms with Gasteiger partial charge in [-0.05, 0) is 59.2 Å². The monoisotopic (exact) mass is 264 g/mol. The highest BCUT2D eigenvalue weighted by Gasteiger charge is 2.14. The van der Waals surface area contributed by atoms with E-state index in [0.29, 0.717) is 5.92 Å². The standard InChI is InChI=1S/C15H28N4/c1-7-19(8-2)15-17-12(4)14(13(5)18-15)9-11(3)10-16-6/h11,16H,7-10H2,1-6H3. The predicted octanol–water partition coefficient (Wildman–Crippen LogP) is 2.34. The van der Waals surface area contributed by atoms with E-state index in [-0.39, 0.29) is 0 Å². The van der Waals surface area contributed by atoms with Crippen LogP contribution in [0.1, 0.15) is 37.7 Å². The highest BCUT2D eigenvalue weighted by Crippen LogP contribution is 2.18. The molecule has 0 saturated carbocycles. The van der Waals surface area contributed by atoms with Crippen LogP contribution < -0.4 is 10.2 Å². The van der Waals surface area contributed by atoms with Gasteiger partial charge in [-0.25, -0.2) is 9.97 Å². The molecule has 0 bridgehead atoms. The zero-order valence-electron chi connectivity index (χ0n) is 13.2. The summed E-state index contributed by atoms with van der Waals surface area (Å²) in [5.41, 5.74) is 3.55. The first-order valence-electron chi connectivity index (χ1n) is 7.27. The molecule has 0 aromatic carbocycles. The molecule has 1 unspecified atom stereocenters. The van der Waals surface area contributed by atoms with Crippen molar-refractivity contribution in [2.75, 3.05) is 31.6 Å². The Morgan fingerprint density at radius 3 is 2.05 bits per heavy atom. The predicted molar refractivity (Wildman–Crippen MR) is 81.9 cm³/mol. The fraction of sp³-hybridized carbons (Fsp3) is 0.733. The Hall–Kier alpha value is -1.16. The number of aromatic nitrogens is 2. The topological polar surface area (TPSA) is 41.1 Å². The second kappa shape index (κ2) is 7.43. The summed E-state index contributed by atoms with van der Waals surface area (Å²) in [7, 11) is 2.00. The summed E-state index contributed by atoms with van der Waals surface area (Å²) >= 11 is 0. The van der Waals surface area contributed by atoms with Crippen molar-refractivity contribution in [3.63, 3.8) is 0 Å². The lowest BCUT2D eigenvalue weighted by molar-refractivity contribution is 0.537. The van der Waals surface area contributed by atoms with Crippen molar-refractivity contribution in [1.29, 1.82) is 0 Å². The molecule has 0 aliphatic rings. The quantitative estimate of drug-likeness (QED) is 0.820. The number of hydrogen-bond donors (Lipinski definition) is 1. The Bertz CT molecular complexity index is 376. The van der Waals surface area contributed by atoms with E-state index in [4.69, 9.17) is 0 Å². The Balaban J connectivity index is 2.97. The first-order chi connectivity index (χ1) is 9.03. The third-order valence-electron chi connectivity index (χ3n) is 3.56. The normalized spacial score (nSPS) is 12.5. The van der Waals surface area contributed by atoms with Crippen LogP contribution in [0.3, 0.4) is 0 Å². The van der Waals surface area contributed by atoms with E-state index in [1.165, 1.54) is 5.56 Å². The maximum absolute atomic E-state index is 4.68. The molecular formula is C15H28N4. The van der Waals surface area contributed by atoms with Crippen molar-refractivity contribution in [2.24, 2.45) is 5.92 Å². The van der Waals surface area contributed by atoms with E-state index in [1.807, 2.05) is 7.05 Å². The van der Waals surface area contributed by atoms with Gasteiger partial charge in [-0.15, -0.1) is 0 Å². The van der Waals surface area contributed by atoms with Gasteiger partial charge in [-0.3, -0.25) is 0 Å². The van der Waals surface area contributed by atoms with E-state index >= 15 is 0 Å². The molecule has 0 aliphatic carbocycles. The molecule has 0 spiro atoms. The van der Waals surface area contributed by atoms with Gasteiger partial charge in [0.15, 0.2) is 0 Å². The third kappa shape index (κ3) is 4.16. The minimum absolute atomic E-state index is 0.602. The van der Waals surface area contributed by atoms with Gasteiger partial charge in [0.25, 0.3) is 0 Å². The molecule has 19 heavy (non-hydrogen) atoms. The fourth-order valence-electron chi connectivity index (χ4n) is 2.43. The highest BCUT2D eigenvalue weighted by molar-refractivity contribution is 5.36. The lowest BCUT2D eigenvalue weighted by Gasteiger charge is -2.21. The van der Waals surface area contributed by atoms with Crippen molar-refractivity contribution >= 4 is 5.95 Å².